The molecule has 0 saturated heterocycles. The summed E-state index contributed by atoms with van der Waals surface area (Å²) in [7, 11) is 1.53. The van der Waals surface area contributed by atoms with Crippen LogP contribution in [0.2, 0.25) is 10.0 Å². The Morgan fingerprint density at radius 1 is 1.13 bits per heavy atom. The van der Waals surface area contributed by atoms with Gasteiger partial charge in [0, 0.05) is 35.7 Å². The smallest absolute Gasteiger partial charge is 0.291 e. The average molecular weight is 453 g/mol. The minimum Gasteiger partial charge on any atom is -0.494 e. The van der Waals surface area contributed by atoms with Gasteiger partial charge in [-0.25, -0.2) is 9.97 Å². The van der Waals surface area contributed by atoms with Gasteiger partial charge >= 0.3 is 0 Å². The normalized spacial score (nSPS) is 15.7. The Morgan fingerprint density at radius 3 is 2.58 bits per heavy atom. The molecule has 0 radical (unpaired) electrons. The first-order valence-corrected chi connectivity index (χ1v) is 10.5. The first kappa shape index (κ1) is 19.8. The molecule has 6 nitrogen and oxygen atoms in total. The van der Waals surface area contributed by atoms with Crippen molar-refractivity contribution >= 4 is 40.0 Å². The summed E-state index contributed by atoms with van der Waals surface area (Å²) in [5, 5.41) is 1.93. The fourth-order valence-electron chi connectivity index (χ4n) is 4.10. The number of aromatic nitrogens is 3. The lowest BCUT2D eigenvalue weighted by Crippen LogP contribution is -2.39. The van der Waals surface area contributed by atoms with Gasteiger partial charge in [0.15, 0.2) is 5.75 Å². The van der Waals surface area contributed by atoms with Crippen molar-refractivity contribution in [1.82, 2.24) is 19.9 Å². The third-order valence-electron chi connectivity index (χ3n) is 5.65. The van der Waals surface area contributed by atoms with Crippen LogP contribution < -0.4 is 4.74 Å². The topological polar surface area (TPSA) is 71.1 Å². The molecule has 0 bridgehead atoms. The van der Waals surface area contributed by atoms with Crippen molar-refractivity contribution in [3.8, 4) is 5.75 Å². The van der Waals surface area contributed by atoms with E-state index in [1.54, 1.807) is 11.0 Å². The number of ether oxygens (including phenoxy) is 1. The maximum absolute atomic E-state index is 13.3. The maximum atomic E-state index is 13.3. The summed E-state index contributed by atoms with van der Waals surface area (Å²) in [4.78, 5) is 26.9. The van der Waals surface area contributed by atoms with Gasteiger partial charge < -0.3 is 14.6 Å². The number of rotatable bonds is 3. The largest absolute Gasteiger partial charge is 0.494 e. The van der Waals surface area contributed by atoms with Crippen LogP contribution in [0.4, 0.5) is 0 Å². The molecule has 5 rings (SSSR count). The molecule has 31 heavy (non-hydrogen) atoms. The van der Waals surface area contributed by atoms with Crippen LogP contribution in [0.3, 0.4) is 0 Å². The molecule has 3 heterocycles. The van der Waals surface area contributed by atoms with Gasteiger partial charge in [0.05, 0.1) is 35.1 Å². The molecule has 1 N–H and O–H groups in total. The molecule has 0 saturated carbocycles. The number of nitrogens with one attached hydrogen (secondary N) is 1. The number of halogens is 2. The number of hydrogen-bond acceptors (Lipinski definition) is 4. The van der Waals surface area contributed by atoms with Crippen LogP contribution in [0.1, 0.15) is 33.4 Å². The number of benzene rings is 2. The predicted octanol–water partition coefficient (Wildman–Crippen LogP) is 5.06. The molecule has 1 aliphatic heterocycles. The number of amides is 1. The fourth-order valence-corrected chi connectivity index (χ4v) is 4.47. The van der Waals surface area contributed by atoms with Gasteiger partial charge in [0.1, 0.15) is 0 Å². The monoisotopic (exact) mass is 452 g/mol. The SMILES string of the molecule is COc1cnc(C(=O)N2Cc3c([nH]c4c(Cl)c(Cl)ccc34)[C@@H](c3ccccc3)C2)nc1. The number of H-pyrrole nitrogens is 1. The molecule has 156 valence electrons. The van der Waals surface area contributed by atoms with Gasteiger partial charge in [-0.1, -0.05) is 59.6 Å². The van der Waals surface area contributed by atoms with Gasteiger partial charge in [-0.15, -0.1) is 0 Å². The molecule has 1 aliphatic rings. The number of hydrogen-bond donors (Lipinski definition) is 1. The highest BCUT2D eigenvalue weighted by Gasteiger charge is 2.33. The molecule has 1 amide bonds. The summed E-state index contributed by atoms with van der Waals surface area (Å²) in [6, 6.07) is 13.8. The van der Waals surface area contributed by atoms with E-state index in [2.05, 4.69) is 27.1 Å². The lowest BCUT2D eigenvalue weighted by Gasteiger charge is -2.33. The van der Waals surface area contributed by atoms with Gasteiger partial charge in [0.25, 0.3) is 5.91 Å². The minimum absolute atomic E-state index is 0.0469. The Bertz CT molecular complexity index is 1270. The minimum atomic E-state index is -0.233. The van der Waals surface area contributed by atoms with Crippen LogP contribution >= 0.6 is 23.2 Å². The summed E-state index contributed by atoms with van der Waals surface area (Å²) < 4.78 is 5.10. The van der Waals surface area contributed by atoms with Gasteiger partial charge in [-0.05, 0) is 11.6 Å². The quantitative estimate of drug-likeness (QED) is 0.471. The second kappa shape index (κ2) is 7.87. The number of nitrogens with zero attached hydrogens (tertiary/aromatic N) is 3. The standard InChI is InChI=1S/C23H18Cl2N4O2/c1-31-14-9-26-22(27-10-14)23(30)29-11-16(13-5-3-2-4-6-13)20-17(12-29)15-7-8-18(24)19(25)21(15)28-20/h2-10,16,28H,11-12H2,1H3/t16-/m1/s1. The molecule has 2 aromatic heterocycles. The summed E-state index contributed by atoms with van der Waals surface area (Å²) in [5.41, 5.74) is 3.96. The highest BCUT2D eigenvalue weighted by molar-refractivity contribution is 6.45. The molecule has 0 fully saturated rings. The van der Waals surface area contributed by atoms with Gasteiger partial charge in [0.2, 0.25) is 5.82 Å². The molecule has 4 aromatic rings. The third kappa shape index (κ3) is 3.42. The van der Waals surface area contributed by atoms with Crippen molar-refractivity contribution in [2.75, 3.05) is 13.7 Å². The third-order valence-corrected chi connectivity index (χ3v) is 6.45. The van der Waals surface area contributed by atoms with Crippen molar-refractivity contribution in [3.63, 3.8) is 0 Å². The molecule has 1 atom stereocenters. The van der Waals surface area contributed by atoms with E-state index in [1.807, 2.05) is 24.3 Å². The number of carbonyl (C=O) groups is 1. The maximum Gasteiger partial charge on any atom is 0.291 e. The van der Waals surface area contributed by atoms with Crippen LogP contribution in [0.5, 0.6) is 5.75 Å². The number of carbonyl (C=O) groups excluding carboxylic acids is 1. The zero-order chi connectivity index (χ0) is 21.5. The zero-order valence-electron chi connectivity index (χ0n) is 16.6. The molecular formula is C23H18Cl2N4O2. The van der Waals surface area contributed by atoms with E-state index in [9.17, 15) is 4.79 Å². The van der Waals surface area contributed by atoms with Crippen molar-refractivity contribution in [1.29, 1.82) is 0 Å². The lowest BCUT2D eigenvalue weighted by molar-refractivity contribution is 0.0712. The van der Waals surface area contributed by atoms with Crippen LogP contribution in [-0.2, 0) is 6.54 Å². The highest BCUT2D eigenvalue weighted by atomic mass is 35.5. The number of aromatic amines is 1. The van der Waals surface area contributed by atoms with Crippen LogP contribution in [0, 0.1) is 0 Å². The fraction of sp³-hybridized carbons (Fsp3) is 0.174. The van der Waals surface area contributed by atoms with Crippen molar-refractivity contribution in [2.45, 2.75) is 12.5 Å². The average Bonchev–Trinajstić information content (AvgIpc) is 3.20. The van der Waals surface area contributed by atoms with Crippen molar-refractivity contribution in [3.05, 3.63) is 87.5 Å². The molecule has 0 aliphatic carbocycles. The summed E-state index contributed by atoms with van der Waals surface area (Å²) in [6.07, 6.45) is 3.00. The number of fused-ring (bicyclic) bond motifs is 3. The van der Waals surface area contributed by atoms with Crippen LogP contribution in [-0.4, -0.2) is 39.4 Å². The van der Waals surface area contributed by atoms with Gasteiger partial charge in [-0.2, -0.15) is 0 Å². The summed E-state index contributed by atoms with van der Waals surface area (Å²) in [6.45, 7) is 0.911. The molecule has 0 spiro atoms. The van der Waals surface area contributed by atoms with Crippen molar-refractivity contribution in [2.24, 2.45) is 0 Å². The number of methoxy groups -OCH3 is 1. The lowest BCUT2D eigenvalue weighted by atomic mass is 9.88. The molecular weight excluding hydrogens is 435 g/mol. The van der Waals surface area contributed by atoms with Crippen LogP contribution in [0.25, 0.3) is 10.9 Å². The second-order valence-electron chi connectivity index (χ2n) is 7.40. The first-order chi connectivity index (χ1) is 15.1. The Kier molecular flexibility index (Phi) is 5.04. The highest BCUT2D eigenvalue weighted by Crippen LogP contribution is 2.41. The van der Waals surface area contributed by atoms with E-state index in [-0.39, 0.29) is 17.6 Å². The van der Waals surface area contributed by atoms with E-state index >= 15 is 0 Å². The molecule has 2 aromatic carbocycles. The zero-order valence-corrected chi connectivity index (χ0v) is 18.1. The van der Waals surface area contributed by atoms with Crippen molar-refractivity contribution < 1.29 is 9.53 Å². The van der Waals surface area contributed by atoms with E-state index in [0.29, 0.717) is 28.9 Å². The van der Waals surface area contributed by atoms with Gasteiger partial charge in [-0.3, -0.25) is 4.79 Å². The Morgan fingerprint density at radius 2 is 1.87 bits per heavy atom. The Hall–Kier alpha value is -3.09. The van der Waals surface area contributed by atoms with E-state index < -0.39 is 0 Å². The first-order valence-electron chi connectivity index (χ1n) is 9.75. The van der Waals surface area contributed by atoms with E-state index in [4.69, 9.17) is 27.9 Å². The summed E-state index contributed by atoms with van der Waals surface area (Å²) in [5.74, 6) is 0.359. The van der Waals surface area contributed by atoms with E-state index in [0.717, 1.165) is 27.7 Å². The molecule has 0 unspecified atom stereocenters. The Balaban J connectivity index is 1.61. The molecule has 8 heteroatoms. The van der Waals surface area contributed by atoms with Crippen LogP contribution in [0.15, 0.2) is 54.9 Å². The predicted molar refractivity (Wildman–Crippen MR) is 120 cm³/mol. The Labute approximate surface area is 188 Å². The summed E-state index contributed by atoms with van der Waals surface area (Å²) >= 11 is 12.7. The second-order valence-corrected chi connectivity index (χ2v) is 8.18. The van der Waals surface area contributed by atoms with E-state index in [1.165, 1.54) is 19.5 Å².